The van der Waals surface area contributed by atoms with Crippen molar-refractivity contribution in [3.05, 3.63) is 63.2 Å². The highest BCUT2D eigenvalue weighted by Crippen LogP contribution is 2.22. The van der Waals surface area contributed by atoms with Gasteiger partial charge in [-0.15, -0.1) is 11.3 Å². The molecule has 0 atom stereocenters. The molecule has 122 valence electrons. The normalized spacial score (nSPS) is 10.6. The molecule has 0 amide bonds. The summed E-state index contributed by atoms with van der Waals surface area (Å²) in [6.07, 6.45) is 3.04. The van der Waals surface area contributed by atoms with E-state index in [1.54, 1.807) is 37.4 Å². The summed E-state index contributed by atoms with van der Waals surface area (Å²) in [5.41, 5.74) is 0.878. The second kappa shape index (κ2) is 6.94. The number of nitrogens with zero attached hydrogens (tertiary/aromatic N) is 3. The highest BCUT2D eigenvalue weighted by atomic mass is 35.5. The van der Waals surface area contributed by atoms with Crippen molar-refractivity contribution < 1.29 is 14.3 Å². The van der Waals surface area contributed by atoms with Crippen LogP contribution in [-0.4, -0.2) is 33.1 Å². The highest BCUT2D eigenvalue weighted by molar-refractivity contribution is 7.18. The number of carbonyl (C=O) groups is 2. The SMILES string of the molecule is Cc1c(C(=O)OCC(=O)c2ccc(Cl)s2)cnn1-c1ccccn1. The van der Waals surface area contributed by atoms with Crippen LogP contribution in [0.2, 0.25) is 4.34 Å². The molecule has 3 rings (SSSR count). The quantitative estimate of drug-likeness (QED) is 0.514. The molecule has 0 radical (unpaired) electrons. The van der Waals surface area contributed by atoms with Gasteiger partial charge in [0, 0.05) is 6.20 Å². The number of thiophene rings is 1. The maximum atomic E-state index is 12.2. The van der Waals surface area contributed by atoms with Gasteiger partial charge in [-0.3, -0.25) is 4.79 Å². The van der Waals surface area contributed by atoms with Crippen LogP contribution in [0.15, 0.2) is 42.7 Å². The van der Waals surface area contributed by atoms with Crippen molar-refractivity contribution in [3.63, 3.8) is 0 Å². The molecule has 6 nitrogen and oxygen atoms in total. The number of rotatable bonds is 5. The van der Waals surface area contributed by atoms with Gasteiger partial charge in [-0.1, -0.05) is 17.7 Å². The molecule has 3 heterocycles. The molecular weight excluding hydrogens is 350 g/mol. The molecule has 0 aromatic carbocycles. The van der Waals surface area contributed by atoms with E-state index >= 15 is 0 Å². The predicted molar refractivity (Wildman–Crippen MR) is 90.0 cm³/mol. The van der Waals surface area contributed by atoms with Crippen molar-refractivity contribution in [2.24, 2.45) is 0 Å². The van der Waals surface area contributed by atoms with Gasteiger partial charge in [-0.05, 0) is 31.2 Å². The van der Waals surface area contributed by atoms with Crippen LogP contribution in [0.1, 0.15) is 25.7 Å². The van der Waals surface area contributed by atoms with Gasteiger partial charge in [0.25, 0.3) is 0 Å². The fourth-order valence-electron chi connectivity index (χ4n) is 2.06. The van der Waals surface area contributed by atoms with Crippen LogP contribution >= 0.6 is 22.9 Å². The van der Waals surface area contributed by atoms with E-state index in [9.17, 15) is 9.59 Å². The van der Waals surface area contributed by atoms with Gasteiger partial charge in [0.1, 0.15) is 5.56 Å². The van der Waals surface area contributed by atoms with Gasteiger partial charge >= 0.3 is 5.97 Å². The Labute approximate surface area is 146 Å². The Morgan fingerprint density at radius 3 is 2.79 bits per heavy atom. The van der Waals surface area contributed by atoms with E-state index in [0.29, 0.717) is 20.7 Å². The highest BCUT2D eigenvalue weighted by Gasteiger charge is 2.19. The molecule has 0 saturated carbocycles. The van der Waals surface area contributed by atoms with E-state index < -0.39 is 5.97 Å². The number of halogens is 1. The first-order valence-electron chi connectivity index (χ1n) is 6.98. The number of Topliss-reactive ketones (excluding diaryl/α,β-unsaturated/α-hetero) is 1. The summed E-state index contributed by atoms with van der Waals surface area (Å²) >= 11 is 6.93. The van der Waals surface area contributed by atoms with Gasteiger partial charge in [0.2, 0.25) is 5.78 Å². The number of esters is 1. The maximum absolute atomic E-state index is 12.2. The predicted octanol–water partition coefficient (Wildman–Crippen LogP) is 3.33. The molecule has 0 N–H and O–H groups in total. The van der Waals surface area contributed by atoms with Gasteiger partial charge in [0.05, 0.1) is 21.1 Å². The standard InChI is InChI=1S/C16H12ClN3O3S/c1-10-11(8-19-20(10)15-4-2-3-7-18-15)16(22)23-9-12(21)13-5-6-14(17)24-13/h2-8H,9H2,1H3. The molecule has 3 aromatic rings. The molecular formula is C16H12ClN3O3S. The van der Waals surface area contributed by atoms with Gasteiger partial charge < -0.3 is 4.74 Å². The lowest BCUT2D eigenvalue weighted by Crippen LogP contribution is -2.14. The lowest BCUT2D eigenvalue weighted by atomic mass is 10.2. The van der Waals surface area contributed by atoms with Gasteiger partial charge in [-0.2, -0.15) is 5.10 Å². The number of hydrogen-bond donors (Lipinski definition) is 0. The Kier molecular flexibility index (Phi) is 4.73. The summed E-state index contributed by atoms with van der Waals surface area (Å²) in [7, 11) is 0. The minimum Gasteiger partial charge on any atom is -0.454 e. The van der Waals surface area contributed by atoms with E-state index in [1.165, 1.54) is 10.9 Å². The maximum Gasteiger partial charge on any atom is 0.342 e. The Morgan fingerprint density at radius 2 is 2.12 bits per heavy atom. The Morgan fingerprint density at radius 1 is 1.29 bits per heavy atom. The third-order valence-electron chi connectivity index (χ3n) is 3.28. The van der Waals surface area contributed by atoms with E-state index in [4.69, 9.17) is 16.3 Å². The fourth-order valence-corrected chi connectivity index (χ4v) is 3.03. The van der Waals surface area contributed by atoms with Crippen LogP contribution in [0.4, 0.5) is 0 Å². The molecule has 3 aromatic heterocycles. The average Bonchev–Trinajstić information content (AvgIpc) is 3.19. The summed E-state index contributed by atoms with van der Waals surface area (Å²) in [5.74, 6) is -0.306. The third-order valence-corrected chi connectivity index (χ3v) is 4.55. The second-order valence-corrected chi connectivity index (χ2v) is 6.56. The number of ketones is 1. The van der Waals surface area contributed by atoms with Crippen molar-refractivity contribution in [3.8, 4) is 5.82 Å². The number of aromatic nitrogens is 3. The largest absolute Gasteiger partial charge is 0.454 e. The van der Waals surface area contributed by atoms with Crippen LogP contribution in [0, 0.1) is 6.92 Å². The molecule has 0 aliphatic rings. The van der Waals surface area contributed by atoms with Crippen molar-refractivity contribution in [1.82, 2.24) is 14.8 Å². The number of ether oxygens (including phenoxy) is 1. The number of pyridine rings is 1. The summed E-state index contributed by atoms with van der Waals surface area (Å²) in [5, 5.41) is 4.15. The summed E-state index contributed by atoms with van der Waals surface area (Å²) < 4.78 is 7.14. The molecule has 0 unspecified atom stereocenters. The first-order valence-corrected chi connectivity index (χ1v) is 8.17. The molecule has 0 aliphatic carbocycles. The van der Waals surface area contributed by atoms with Crippen LogP contribution in [0.3, 0.4) is 0 Å². The summed E-state index contributed by atoms with van der Waals surface area (Å²) in [6.45, 7) is 1.39. The van der Waals surface area contributed by atoms with Crippen LogP contribution in [0.5, 0.6) is 0 Å². The lowest BCUT2D eigenvalue weighted by molar-refractivity contribution is 0.0475. The smallest absolute Gasteiger partial charge is 0.342 e. The van der Waals surface area contributed by atoms with Gasteiger partial charge in [-0.25, -0.2) is 14.5 Å². The molecule has 0 spiro atoms. The second-order valence-electron chi connectivity index (χ2n) is 4.85. The average molecular weight is 362 g/mol. The Bertz CT molecular complexity index is 889. The molecule has 0 saturated heterocycles. The molecule has 0 aliphatic heterocycles. The van der Waals surface area contributed by atoms with Crippen molar-refractivity contribution >= 4 is 34.7 Å². The first kappa shape index (κ1) is 16.4. The van der Waals surface area contributed by atoms with E-state index in [1.807, 2.05) is 6.07 Å². The summed E-state index contributed by atoms with van der Waals surface area (Å²) in [4.78, 5) is 28.8. The van der Waals surface area contributed by atoms with Crippen molar-refractivity contribution in [1.29, 1.82) is 0 Å². The minimum absolute atomic E-state index is 0.290. The van der Waals surface area contributed by atoms with Crippen molar-refractivity contribution in [2.45, 2.75) is 6.92 Å². The number of hydrogen-bond acceptors (Lipinski definition) is 6. The van der Waals surface area contributed by atoms with Crippen LogP contribution in [0.25, 0.3) is 5.82 Å². The Hall–Kier alpha value is -2.51. The van der Waals surface area contributed by atoms with E-state index in [-0.39, 0.29) is 18.0 Å². The fraction of sp³-hybridized carbons (Fsp3) is 0.125. The molecule has 0 bridgehead atoms. The van der Waals surface area contributed by atoms with Gasteiger partial charge in [0.15, 0.2) is 12.4 Å². The Balaban J connectivity index is 1.70. The minimum atomic E-state index is -0.606. The van der Waals surface area contributed by atoms with Crippen LogP contribution < -0.4 is 0 Å². The monoisotopic (exact) mass is 361 g/mol. The third kappa shape index (κ3) is 3.37. The topological polar surface area (TPSA) is 74.1 Å². The number of carbonyl (C=O) groups excluding carboxylic acids is 2. The molecule has 24 heavy (non-hydrogen) atoms. The van der Waals surface area contributed by atoms with E-state index in [0.717, 1.165) is 11.3 Å². The zero-order valence-corrected chi connectivity index (χ0v) is 14.2. The van der Waals surface area contributed by atoms with Crippen molar-refractivity contribution in [2.75, 3.05) is 6.61 Å². The summed E-state index contributed by atoms with van der Waals surface area (Å²) in [6, 6.07) is 8.63. The zero-order valence-electron chi connectivity index (χ0n) is 12.6. The lowest BCUT2D eigenvalue weighted by Gasteiger charge is -2.05. The molecule has 8 heteroatoms. The van der Waals surface area contributed by atoms with E-state index in [2.05, 4.69) is 10.1 Å². The first-order chi connectivity index (χ1) is 11.6. The van der Waals surface area contributed by atoms with Crippen LogP contribution in [-0.2, 0) is 4.74 Å². The zero-order chi connectivity index (χ0) is 17.1. The molecule has 0 fully saturated rings.